The maximum absolute atomic E-state index is 12.2. The Morgan fingerprint density at radius 3 is 2.88 bits per heavy atom. The number of aliphatic imine (C=N–C) groups is 1. The zero-order valence-corrected chi connectivity index (χ0v) is 15.3. The van der Waals surface area contributed by atoms with Crippen LogP contribution in [0.1, 0.15) is 30.2 Å². The zero-order valence-electron chi connectivity index (χ0n) is 14.5. The van der Waals surface area contributed by atoms with Crippen molar-refractivity contribution >= 4 is 23.2 Å². The van der Waals surface area contributed by atoms with Crippen LogP contribution in [0.3, 0.4) is 0 Å². The van der Waals surface area contributed by atoms with Gasteiger partial charge in [0, 0.05) is 18.5 Å². The number of hydrogen-bond acceptors (Lipinski definition) is 5. The van der Waals surface area contributed by atoms with Crippen molar-refractivity contribution in [3.05, 3.63) is 46.2 Å². The Hall–Kier alpha value is -2.18. The molecule has 0 radical (unpaired) electrons. The van der Waals surface area contributed by atoms with Gasteiger partial charge in [0.15, 0.2) is 5.96 Å². The molecule has 0 saturated carbocycles. The number of nitrogens with two attached hydrogens (primary N) is 1. The van der Waals surface area contributed by atoms with Gasteiger partial charge in [-0.1, -0.05) is 24.3 Å². The predicted octanol–water partition coefficient (Wildman–Crippen LogP) is 2.73. The van der Waals surface area contributed by atoms with Crippen LogP contribution < -0.4 is 5.73 Å². The van der Waals surface area contributed by atoms with Gasteiger partial charge in [-0.2, -0.15) is 0 Å². The number of carbonyl (C=O) groups excluding carboxylic acids is 1. The lowest BCUT2D eigenvalue weighted by atomic mass is 9.93. The number of aliphatic hydroxyl groups excluding tert-OH is 1. The Labute approximate surface area is 151 Å². The number of aliphatic hydroxyl groups is 1. The topological polar surface area (TPSA) is 78.9 Å². The molecule has 0 unspecified atom stereocenters. The molecule has 5 nitrogen and oxygen atoms in total. The van der Waals surface area contributed by atoms with Crippen molar-refractivity contribution in [3.8, 4) is 11.1 Å². The molecule has 0 fully saturated rings. The van der Waals surface area contributed by atoms with Crippen molar-refractivity contribution in [2.75, 3.05) is 13.7 Å². The summed E-state index contributed by atoms with van der Waals surface area (Å²) in [5.74, 6) is 0.246. The van der Waals surface area contributed by atoms with E-state index in [4.69, 9.17) is 10.8 Å². The zero-order chi connectivity index (χ0) is 18.0. The first-order valence-electron chi connectivity index (χ1n) is 8.34. The second-order valence-corrected chi connectivity index (χ2v) is 7.51. The third-order valence-electron chi connectivity index (χ3n) is 4.59. The maximum Gasteiger partial charge on any atom is 0.231 e. The van der Waals surface area contributed by atoms with Crippen molar-refractivity contribution in [1.29, 1.82) is 0 Å². The van der Waals surface area contributed by atoms with E-state index >= 15 is 0 Å². The molecule has 0 saturated heterocycles. The standard InChI is InChI=1S/C19H23N3O2S/c1-19(11-17(24)22(2)18(20)21-19)16-10-15(12-25-16)14-7-3-5-13(9-14)6-4-8-23/h3,5,7,9-10,12,23H,4,6,8,11H2,1-2H3,(H2,20,21)/t19-/m0/s1. The number of guanidine groups is 1. The van der Waals surface area contributed by atoms with Crippen LogP contribution in [0.15, 0.2) is 40.7 Å². The van der Waals surface area contributed by atoms with Crippen LogP contribution in [-0.4, -0.2) is 35.5 Å². The number of hydrogen-bond donors (Lipinski definition) is 2. The highest BCUT2D eigenvalue weighted by Gasteiger charge is 2.37. The molecule has 3 N–H and O–H groups in total. The van der Waals surface area contributed by atoms with Gasteiger partial charge in [0.1, 0.15) is 5.54 Å². The molecule has 1 atom stereocenters. The van der Waals surface area contributed by atoms with Crippen molar-refractivity contribution < 1.29 is 9.90 Å². The summed E-state index contributed by atoms with van der Waals surface area (Å²) in [4.78, 5) is 19.2. The van der Waals surface area contributed by atoms with Crippen LogP contribution >= 0.6 is 11.3 Å². The molecule has 1 aliphatic rings. The van der Waals surface area contributed by atoms with E-state index in [1.54, 1.807) is 18.4 Å². The number of rotatable bonds is 5. The number of thiophene rings is 1. The van der Waals surface area contributed by atoms with Crippen molar-refractivity contribution in [2.45, 2.75) is 31.7 Å². The molecular formula is C19H23N3O2S. The first-order chi connectivity index (χ1) is 11.9. The summed E-state index contributed by atoms with van der Waals surface area (Å²) in [7, 11) is 1.65. The first kappa shape index (κ1) is 17.6. The molecule has 2 aromatic rings. The number of amides is 1. The summed E-state index contributed by atoms with van der Waals surface area (Å²) in [6, 6.07) is 10.4. The molecule has 2 heterocycles. The Balaban J connectivity index is 1.89. The number of benzene rings is 1. The molecule has 1 aromatic heterocycles. The minimum Gasteiger partial charge on any atom is -0.396 e. The van der Waals surface area contributed by atoms with Crippen LogP contribution in [0.25, 0.3) is 11.1 Å². The number of aryl methyl sites for hydroxylation is 1. The summed E-state index contributed by atoms with van der Waals surface area (Å²) in [5.41, 5.74) is 8.76. The van der Waals surface area contributed by atoms with Crippen molar-refractivity contribution in [3.63, 3.8) is 0 Å². The molecule has 25 heavy (non-hydrogen) atoms. The number of nitrogens with zero attached hydrogens (tertiary/aromatic N) is 2. The van der Waals surface area contributed by atoms with Gasteiger partial charge in [-0.05, 0) is 47.9 Å². The molecule has 0 aliphatic carbocycles. The molecule has 1 amide bonds. The minimum absolute atomic E-state index is 0.0176. The summed E-state index contributed by atoms with van der Waals surface area (Å²) in [6.45, 7) is 2.16. The normalized spacial score (nSPS) is 20.7. The quantitative estimate of drug-likeness (QED) is 0.863. The van der Waals surface area contributed by atoms with Gasteiger partial charge in [-0.25, -0.2) is 4.99 Å². The van der Waals surface area contributed by atoms with E-state index in [1.807, 2.05) is 13.0 Å². The summed E-state index contributed by atoms with van der Waals surface area (Å²) in [6.07, 6.45) is 1.95. The second kappa shape index (κ2) is 6.98. The van der Waals surface area contributed by atoms with Crippen molar-refractivity contribution in [2.24, 2.45) is 10.7 Å². The fraction of sp³-hybridized carbons (Fsp3) is 0.368. The van der Waals surface area contributed by atoms with Crippen LogP contribution in [0, 0.1) is 0 Å². The van der Waals surface area contributed by atoms with E-state index in [-0.39, 0.29) is 18.5 Å². The molecule has 1 aromatic carbocycles. The molecule has 0 spiro atoms. The fourth-order valence-electron chi connectivity index (χ4n) is 3.01. The summed E-state index contributed by atoms with van der Waals surface area (Å²) >= 11 is 1.61. The van der Waals surface area contributed by atoms with Gasteiger partial charge in [0.2, 0.25) is 5.91 Å². The van der Waals surface area contributed by atoms with E-state index in [0.717, 1.165) is 28.8 Å². The van der Waals surface area contributed by atoms with Crippen LogP contribution in [-0.2, 0) is 16.8 Å². The lowest BCUT2D eigenvalue weighted by Gasteiger charge is -2.32. The molecule has 3 rings (SSSR count). The Bertz CT molecular complexity index is 815. The van der Waals surface area contributed by atoms with Crippen LogP contribution in [0.2, 0.25) is 0 Å². The van der Waals surface area contributed by atoms with Crippen LogP contribution in [0.5, 0.6) is 0 Å². The Morgan fingerprint density at radius 1 is 1.36 bits per heavy atom. The van der Waals surface area contributed by atoms with E-state index in [0.29, 0.717) is 6.42 Å². The SMILES string of the molecule is CN1C(=O)C[C@@](C)(c2cc(-c3cccc(CCCO)c3)cs2)N=C1N. The number of carbonyl (C=O) groups is 1. The van der Waals surface area contributed by atoms with Gasteiger partial charge in [-0.3, -0.25) is 9.69 Å². The van der Waals surface area contributed by atoms with E-state index < -0.39 is 5.54 Å². The molecule has 6 heteroatoms. The minimum atomic E-state index is -0.606. The molecular weight excluding hydrogens is 334 g/mol. The monoisotopic (exact) mass is 357 g/mol. The fourth-order valence-corrected chi connectivity index (χ4v) is 4.03. The third kappa shape index (κ3) is 3.60. The first-order valence-corrected chi connectivity index (χ1v) is 9.22. The smallest absolute Gasteiger partial charge is 0.231 e. The summed E-state index contributed by atoms with van der Waals surface area (Å²) < 4.78 is 0. The molecule has 0 bridgehead atoms. The van der Waals surface area contributed by atoms with E-state index in [9.17, 15) is 4.79 Å². The average Bonchev–Trinajstić information content (AvgIpc) is 3.09. The van der Waals surface area contributed by atoms with Gasteiger partial charge < -0.3 is 10.8 Å². The largest absolute Gasteiger partial charge is 0.396 e. The second-order valence-electron chi connectivity index (χ2n) is 6.60. The van der Waals surface area contributed by atoms with Gasteiger partial charge >= 0.3 is 0 Å². The molecule has 1 aliphatic heterocycles. The lowest BCUT2D eigenvalue weighted by molar-refractivity contribution is -0.128. The highest BCUT2D eigenvalue weighted by atomic mass is 32.1. The van der Waals surface area contributed by atoms with Crippen molar-refractivity contribution in [1.82, 2.24) is 4.90 Å². The highest BCUT2D eigenvalue weighted by molar-refractivity contribution is 7.10. The van der Waals surface area contributed by atoms with Gasteiger partial charge in [0.25, 0.3) is 0 Å². The average molecular weight is 357 g/mol. The Kier molecular flexibility index (Phi) is 4.92. The summed E-state index contributed by atoms with van der Waals surface area (Å²) in [5, 5.41) is 11.1. The maximum atomic E-state index is 12.2. The third-order valence-corrected chi connectivity index (χ3v) is 5.77. The van der Waals surface area contributed by atoms with E-state index in [2.05, 4.69) is 34.6 Å². The molecule has 132 valence electrons. The van der Waals surface area contributed by atoms with Gasteiger partial charge in [0.05, 0.1) is 6.42 Å². The Morgan fingerprint density at radius 2 is 2.16 bits per heavy atom. The van der Waals surface area contributed by atoms with E-state index in [1.165, 1.54) is 10.5 Å². The highest BCUT2D eigenvalue weighted by Crippen LogP contribution is 2.39. The lowest BCUT2D eigenvalue weighted by Crippen LogP contribution is -2.47. The van der Waals surface area contributed by atoms with Crippen LogP contribution in [0.4, 0.5) is 0 Å². The van der Waals surface area contributed by atoms with Gasteiger partial charge in [-0.15, -0.1) is 11.3 Å². The predicted molar refractivity (Wildman–Crippen MR) is 102 cm³/mol.